The van der Waals surface area contributed by atoms with Crippen LogP contribution in [-0.2, 0) is 0 Å². The molecule has 1 saturated carbocycles. The molecule has 0 aromatic heterocycles. The molecule has 1 aromatic rings. The molecule has 0 saturated heterocycles. The smallest absolute Gasteiger partial charge is 0.0118 e. The highest BCUT2D eigenvalue weighted by Crippen LogP contribution is 2.29. The summed E-state index contributed by atoms with van der Waals surface area (Å²) < 4.78 is 0. The average Bonchev–Trinajstić information content (AvgIpc) is 2.46. The minimum absolute atomic E-state index is 0.598. The van der Waals surface area contributed by atoms with Crippen molar-refractivity contribution in [3.8, 4) is 0 Å². The third kappa shape index (κ3) is 4.06. The third-order valence-corrected chi connectivity index (χ3v) is 5.38. The molecule has 0 N–H and O–H groups in total. The normalized spacial score (nSPS) is 25.5. The lowest BCUT2D eigenvalue weighted by molar-refractivity contribution is 0.135. The minimum atomic E-state index is 0.598. The first kappa shape index (κ1) is 15.1. The van der Waals surface area contributed by atoms with Gasteiger partial charge in [-0.2, -0.15) is 0 Å². The van der Waals surface area contributed by atoms with Crippen molar-refractivity contribution >= 4 is 15.9 Å². The maximum Gasteiger partial charge on any atom is 0.0118 e. The van der Waals surface area contributed by atoms with Crippen molar-refractivity contribution in [2.24, 2.45) is 5.92 Å². The van der Waals surface area contributed by atoms with E-state index >= 15 is 0 Å². The summed E-state index contributed by atoms with van der Waals surface area (Å²) >= 11 is 3.69. The Morgan fingerprint density at radius 1 is 1.21 bits per heavy atom. The summed E-state index contributed by atoms with van der Waals surface area (Å²) in [6.07, 6.45) is 5.61. The zero-order valence-corrected chi connectivity index (χ0v) is 13.8. The number of hydrogen-bond acceptors (Lipinski definition) is 1. The van der Waals surface area contributed by atoms with Crippen molar-refractivity contribution in [2.75, 3.05) is 18.9 Å². The highest BCUT2D eigenvalue weighted by molar-refractivity contribution is 9.09. The second kappa shape index (κ2) is 7.44. The van der Waals surface area contributed by atoms with Gasteiger partial charge in [-0.1, -0.05) is 66.0 Å². The summed E-state index contributed by atoms with van der Waals surface area (Å²) in [5.41, 5.74) is 1.45. The molecule has 0 spiro atoms. The number of hydrogen-bond donors (Lipinski definition) is 0. The quantitative estimate of drug-likeness (QED) is 0.711. The van der Waals surface area contributed by atoms with E-state index in [1.165, 1.54) is 31.2 Å². The highest BCUT2D eigenvalue weighted by Gasteiger charge is 2.26. The number of halogens is 1. The molecule has 1 nitrogen and oxygen atoms in total. The van der Waals surface area contributed by atoms with E-state index in [-0.39, 0.29) is 0 Å². The summed E-state index contributed by atoms with van der Waals surface area (Å²) in [6, 6.07) is 11.7. The van der Waals surface area contributed by atoms with Crippen molar-refractivity contribution in [3.05, 3.63) is 35.9 Å². The topological polar surface area (TPSA) is 3.24 Å². The summed E-state index contributed by atoms with van der Waals surface area (Å²) in [4.78, 5) is 2.60. The number of rotatable bonds is 5. The van der Waals surface area contributed by atoms with Crippen molar-refractivity contribution in [1.82, 2.24) is 4.90 Å². The lowest BCUT2D eigenvalue weighted by atomic mass is 9.84. The molecule has 2 rings (SSSR count). The van der Waals surface area contributed by atoms with Crippen LogP contribution in [-0.4, -0.2) is 29.9 Å². The fourth-order valence-corrected chi connectivity index (χ4v) is 3.98. The van der Waals surface area contributed by atoms with Crippen LogP contribution in [0.5, 0.6) is 0 Å². The second-order valence-electron chi connectivity index (χ2n) is 6.03. The molecule has 0 radical (unpaired) electrons. The Balaban J connectivity index is 1.98. The molecule has 3 atom stereocenters. The molecule has 1 aromatic carbocycles. The molecule has 3 unspecified atom stereocenters. The van der Waals surface area contributed by atoms with Gasteiger partial charge in [-0.05, 0) is 31.4 Å². The number of likely N-dealkylation sites (N-methyl/N-ethyl adjacent to an activating group) is 1. The Morgan fingerprint density at radius 3 is 2.53 bits per heavy atom. The lowest BCUT2D eigenvalue weighted by Gasteiger charge is -2.38. The van der Waals surface area contributed by atoms with Gasteiger partial charge in [-0.25, -0.2) is 0 Å². The van der Waals surface area contributed by atoms with E-state index in [9.17, 15) is 0 Å². The third-order valence-electron chi connectivity index (χ3n) is 4.60. The van der Waals surface area contributed by atoms with Gasteiger partial charge >= 0.3 is 0 Å². The van der Waals surface area contributed by atoms with Gasteiger partial charge in [0.1, 0.15) is 0 Å². The minimum Gasteiger partial charge on any atom is -0.303 e. The van der Waals surface area contributed by atoms with Crippen LogP contribution in [0.25, 0.3) is 0 Å². The van der Waals surface area contributed by atoms with Crippen molar-refractivity contribution in [3.63, 3.8) is 0 Å². The molecule has 1 fully saturated rings. The number of benzene rings is 1. The van der Waals surface area contributed by atoms with Gasteiger partial charge in [0.05, 0.1) is 0 Å². The Labute approximate surface area is 126 Å². The predicted molar refractivity (Wildman–Crippen MR) is 87.0 cm³/mol. The molecule has 19 heavy (non-hydrogen) atoms. The van der Waals surface area contributed by atoms with Crippen LogP contribution in [0.1, 0.15) is 44.1 Å². The molecule has 0 heterocycles. The van der Waals surface area contributed by atoms with Gasteiger partial charge in [0, 0.05) is 23.8 Å². The molecule has 0 aliphatic heterocycles. The van der Waals surface area contributed by atoms with Crippen molar-refractivity contribution in [2.45, 2.75) is 44.6 Å². The Morgan fingerprint density at radius 2 is 1.89 bits per heavy atom. The highest BCUT2D eigenvalue weighted by atomic mass is 79.9. The summed E-state index contributed by atoms with van der Waals surface area (Å²) in [5, 5.41) is 1.04. The van der Waals surface area contributed by atoms with Crippen LogP contribution in [0.3, 0.4) is 0 Å². The maximum absolute atomic E-state index is 3.69. The van der Waals surface area contributed by atoms with E-state index < -0.39 is 0 Å². The monoisotopic (exact) mass is 323 g/mol. The Bertz CT molecular complexity index is 365. The first-order chi connectivity index (χ1) is 9.22. The molecular formula is C17H26BrN. The summed E-state index contributed by atoms with van der Waals surface area (Å²) in [6.45, 7) is 3.58. The molecule has 0 amide bonds. The molecule has 1 aliphatic carbocycles. The molecular weight excluding hydrogens is 298 g/mol. The summed E-state index contributed by atoms with van der Waals surface area (Å²) in [5.74, 6) is 1.45. The van der Waals surface area contributed by atoms with Crippen molar-refractivity contribution < 1.29 is 0 Å². The maximum atomic E-state index is 3.69. The predicted octanol–water partition coefficient (Wildman–Crippen LogP) is 4.68. The van der Waals surface area contributed by atoms with Crippen LogP contribution in [0.2, 0.25) is 0 Å². The van der Waals surface area contributed by atoms with Crippen LogP contribution >= 0.6 is 15.9 Å². The zero-order chi connectivity index (χ0) is 13.7. The second-order valence-corrected chi connectivity index (χ2v) is 6.68. The van der Waals surface area contributed by atoms with Gasteiger partial charge in [0.25, 0.3) is 0 Å². The lowest BCUT2D eigenvalue weighted by Crippen LogP contribution is -2.41. The first-order valence-corrected chi connectivity index (χ1v) is 8.65. The van der Waals surface area contributed by atoms with E-state index in [4.69, 9.17) is 0 Å². The van der Waals surface area contributed by atoms with Crippen LogP contribution in [0.4, 0.5) is 0 Å². The van der Waals surface area contributed by atoms with Gasteiger partial charge < -0.3 is 4.90 Å². The SMILES string of the molecule is CC1CCCCC1N(C)CC(CBr)c1ccccc1. The Kier molecular flexibility index (Phi) is 5.90. The number of alkyl halides is 1. The van der Waals surface area contributed by atoms with E-state index in [2.05, 4.69) is 65.1 Å². The molecule has 0 bridgehead atoms. The van der Waals surface area contributed by atoms with Gasteiger partial charge in [-0.3, -0.25) is 0 Å². The number of nitrogens with zero attached hydrogens (tertiary/aromatic N) is 1. The average molecular weight is 324 g/mol. The standard InChI is InChI=1S/C17H26BrN/c1-14-8-6-7-11-17(14)19(2)13-16(12-18)15-9-4-3-5-10-15/h3-5,9-10,14,16-17H,6-8,11-13H2,1-2H3. The fraction of sp³-hybridized carbons (Fsp3) is 0.647. The van der Waals surface area contributed by atoms with Gasteiger partial charge in [-0.15, -0.1) is 0 Å². The fourth-order valence-electron chi connectivity index (χ4n) is 3.40. The van der Waals surface area contributed by atoms with Crippen molar-refractivity contribution in [1.29, 1.82) is 0 Å². The van der Waals surface area contributed by atoms with Gasteiger partial charge in [0.2, 0.25) is 0 Å². The van der Waals surface area contributed by atoms with E-state index in [0.29, 0.717) is 5.92 Å². The van der Waals surface area contributed by atoms with Gasteiger partial charge in [0.15, 0.2) is 0 Å². The van der Waals surface area contributed by atoms with E-state index in [1.807, 2.05) is 0 Å². The molecule has 2 heteroatoms. The molecule has 1 aliphatic rings. The van der Waals surface area contributed by atoms with Crippen LogP contribution in [0, 0.1) is 5.92 Å². The Hall–Kier alpha value is -0.340. The summed E-state index contributed by atoms with van der Waals surface area (Å²) in [7, 11) is 2.31. The van der Waals surface area contributed by atoms with Crippen LogP contribution < -0.4 is 0 Å². The van der Waals surface area contributed by atoms with E-state index in [1.54, 1.807) is 0 Å². The van der Waals surface area contributed by atoms with Crippen LogP contribution in [0.15, 0.2) is 30.3 Å². The first-order valence-electron chi connectivity index (χ1n) is 7.53. The largest absolute Gasteiger partial charge is 0.303 e. The molecule has 106 valence electrons. The van der Waals surface area contributed by atoms with E-state index in [0.717, 1.165) is 23.8 Å². The zero-order valence-electron chi connectivity index (χ0n) is 12.2.